The van der Waals surface area contributed by atoms with Crippen LogP contribution in [-0.2, 0) is 11.3 Å². The van der Waals surface area contributed by atoms with Crippen LogP contribution >= 0.6 is 0 Å². The summed E-state index contributed by atoms with van der Waals surface area (Å²) in [5.41, 5.74) is 0.953. The monoisotopic (exact) mass is 235 g/mol. The summed E-state index contributed by atoms with van der Waals surface area (Å²) in [4.78, 5) is 11.5. The summed E-state index contributed by atoms with van der Waals surface area (Å²) in [6, 6.07) is 9.36. The molecule has 1 atom stereocenters. The van der Waals surface area contributed by atoms with Gasteiger partial charge in [0.15, 0.2) is 0 Å². The summed E-state index contributed by atoms with van der Waals surface area (Å²) in [5.74, 6) is 0.421. The molecule has 1 aromatic rings. The molecule has 92 valence electrons. The molecule has 0 aromatic heterocycles. The van der Waals surface area contributed by atoms with E-state index >= 15 is 0 Å². The summed E-state index contributed by atoms with van der Waals surface area (Å²) < 4.78 is 5.08. The molecule has 0 bridgehead atoms. The van der Waals surface area contributed by atoms with E-state index in [1.54, 1.807) is 0 Å². The Morgan fingerprint density at radius 1 is 1.41 bits per heavy atom. The van der Waals surface area contributed by atoms with Gasteiger partial charge in [0.2, 0.25) is 0 Å². The van der Waals surface area contributed by atoms with Gasteiger partial charge in [-0.1, -0.05) is 30.3 Å². The van der Waals surface area contributed by atoms with Crippen molar-refractivity contribution in [1.82, 2.24) is 5.32 Å². The number of aliphatic hydroxyl groups excluding tert-OH is 1. The lowest BCUT2D eigenvalue weighted by atomic mass is 10.2. The molecule has 2 N–H and O–H groups in total. The van der Waals surface area contributed by atoms with E-state index in [4.69, 9.17) is 9.84 Å². The van der Waals surface area contributed by atoms with E-state index in [1.807, 2.05) is 30.3 Å². The van der Waals surface area contributed by atoms with Gasteiger partial charge in [-0.25, -0.2) is 4.79 Å². The van der Waals surface area contributed by atoms with Crippen LogP contribution in [0.5, 0.6) is 0 Å². The Kier molecular flexibility index (Phi) is 3.98. The average Bonchev–Trinajstić information content (AvgIpc) is 3.19. The first-order valence-electron chi connectivity index (χ1n) is 5.87. The number of carbonyl (C=O) groups excluding carboxylic acids is 1. The van der Waals surface area contributed by atoms with Gasteiger partial charge < -0.3 is 15.2 Å². The van der Waals surface area contributed by atoms with E-state index in [-0.39, 0.29) is 19.3 Å². The molecule has 1 aliphatic carbocycles. The zero-order valence-electron chi connectivity index (χ0n) is 9.63. The first-order valence-corrected chi connectivity index (χ1v) is 5.87. The van der Waals surface area contributed by atoms with Crippen molar-refractivity contribution >= 4 is 6.09 Å². The minimum Gasteiger partial charge on any atom is -0.445 e. The van der Waals surface area contributed by atoms with Crippen molar-refractivity contribution in [3.8, 4) is 0 Å². The number of hydrogen-bond acceptors (Lipinski definition) is 3. The second kappa shape index (κ2) is 5.68. The van der Waals surface area contributed by atoms with Crippen molar-refractivity contribution in [2.24, 2.45) is 5.92 Å². The fraction of sp³-hybridized carbons (Fsp3) is 0.462. The number of hydrogen-bond donors (Lipinski definition) is 2. The molecular formula is C13H17NO3. The van der Waals surface area contributed by atoms with E-state index in [9.17, 15) is 4.79 Å². The molecule has 4 heteroatoms. The Morgan fingerprint density at radius 3 is 2.71 bits per heavy atom. The SMILES string of the molecule is O=C(N[C@@H](CO)C1CC1)OCc1ccccc1. The highest BCUT2D eigenvalue weighted by atomic mass is 16.5. The molecule has 1 fully saturated rings. The van der Waals surface area contributed by atoms with Gasteiger partial charge in [-0.2, -0.15) is 0 Å². The summed E-state index contributed by atoms with van der Waals surface area (Å²) in [6.07, 6.45) is 1.69. The molecule has 0 unspecified atom stereocenters. The standard InChI is InChI=1S/C13H17NO3/c15-8-12(11-6-7-11)14-13(16)17-9-10-4-2-1-3-5-10/h1-5,11-12,15H,6-9H2,(H,14,16)/t12-/m0/s1. The minimum atomic E-state index is -0.459. The lowest BCUT2D eigenvalue weighted by molar-refractivity contribution is 0.126. The Hall–Kier alpha value is -1.55. The van der Waals surface area contributed by atoms with Crippen molar-refractivity contribution in [3.63, 3.8) is 0 Å². The highest BCUT2D eigenvalue weighted by molar-refractivity contribution is 5.67. The second-order valence-electron chi connectivity index (χ2n) is 4.33. The molecule has 17 heavy (non-hydrogen) atoms. The summed E-state index contributed by atoms with van der Waals surface area (Å²) in [7, 11) is 0. The zero-order chi connectivity index (χ0) is 12.1. The van der Waals surface area contributed by atoms with Gasteiger partial charge in [-0.15, -0.1) is 0 Å². The van der Waals surface area contributed by atoms with Gasteiger partial charge in [0, 0.05) is 0 Å². The van der Waals surface area contributed by atoms with E-state index < -0.39 is 6.09 Å². The lowest BCUT2D eigenvalue weighted by Crippen LogP contribution is -2.39. The van der Waals surface area contributed by atoms with E-state index in [2.05, 4.69) is 5.32 Å². The molecule has 2 rings (SSSR count). The largest absolute Gasteiger partial charge is 0.445 e. The predicted octanol–water partition coefficient (Wildman–Crippen LogP) is 1.68. The third kappa shape index (κ3) is 3.75. The van der Waals surface area contributed by atoms with Crippen LogP contribution in [0.15, 0.2) is 30.3 Å². The van der Waals surface area contributed by atoms with Crippen molar-refractivity contribution < 1.29 is 14.6 Å². The number of carbonyl (C=O) groups is 1. The molecule has 0 saturated heterocycles. The maximum absolute atomic E-state index is 11.5. The number of aliphatic hydroxyl groups is 1. The number of benzene rings is 1. The number of alkyl carbamates (subject to hydrolysis) is 1. The fourth-order valence-corrected chi connectivity index (χ4v) is 1.73. The van der Waals surface area contributed by atoms with Gasteiger partial charge in [0.25, 0.3) is 0 Å². The van der Waals surface area contributed by atoms with Gasteiger partial charge in [-0.05, 0) is 24.3 Å². The Bertz CT molecular complexity index is 362. The van der Waals surface area contributed by atoms with Crippen LogP contribution in [0, 0.1) is 5.92 Å². The fourth-order valence-electron chi connectivity index (χ4n) is 1.73. The van der Waals surface area contributed by atoms with Crippen molar-refractivity contribution in [3.05, 3.63) is 35.9 Å². The van der Waals surface area contributed by atoms with Gasteiger partial charge >= 0.3 is 6.09 Å². The van der Waals surface area contributed by atoms with Crippen LogP contribution in [0.4, 0.5) is 4.79 Å². The number of amides is 1. The number of rotatable bonds is 5. The topological polar surface area (TPSA) is 58.6 Å². The highest BCUT2D eigenvalue weighted by Crippen LogP contribution is 2.32. The molecule has 4 nitrogen and oxygen atoms in total. The molecule has 0 aliphatic heterocycles. The van der Waals surface area contributed by atoms with Crippen LogP contribution < -0.4 is 5.32 Å². The van der Waals surface area contributed by atoms with Crippen molar-refractivity contribution in [1.29, 1.82) is 0 Å². The van der Waals surface area contributed by atoms with E-state index in [0.717, 1.165) is 18.4 Å². The lowest BCUT2D eigenvalue weighted by Gasteiger charge is -2.15. The van der Waals surface area contributed by atoms with Gasteiger partial charge in [0.05, 0.1) is 12.6 Å². The zero-order valence-corrected chi connectivity index (χ0v) is 9.63. The molecule has 1 amide bonds. The van der Waals surface area contributed by atoms with Crippen LogP contribution in [0.1, 0.15) is 18.4 Å². The minimum absolute atomic E-state index is 0.0227. The van der Waals surface area contributed by atoms with Gasteiger partial charge in [0.1, 0.15) is 6.61 Å². The second-order valence-corrected chi connectivity index (χ2v) is 4.33. The van der Waals surface area contributed by atoms with Crippen LogP contribution in [0.3, 0.4) is 0 Å². The van der Waals surface area contributed by atoms with Gasteiger partial charge in [-0.3, -0.25) is 0 Å². The smallest absolute Gasteiger partial charge is 0.407 e. The van der Waals surface area contributed by atoms with Crippen molar-refractivity contribution in [2.75, 3.05) is 6.61 Å². The molecule has 1 aromatic carbocycles. The third-order valence-corrected chi connectivity index (χ3v) is 2.90. The average molecular weight is 235 g/mol. The molecule has 0 radical (unpaired) electrons. The Balaban J connectivity index is 1.73. The van der Waals surface area contributed by atoms with Crippen molar-refractivity contribution in [2.45, 2.75) is 25.5 Å². The Labute approximate surface area is 101 Å². The summed E-state index contributed by atoms with van der Waals surface area (Å²) in [5, 5.41) is 11.8. The molecule has 1 aliphatic rings. The molecular weight excluding hydrogens is 218 g/mol. The summed E-state index contributed by atoms with van der Waals surface area (Å²) in [6.45, 7) is 0.237. The predicted molar refractivity (Wildman–Crippen MR) is 63.4 cm³/mol. The van der Waals surface area contributed by atoms with E-state index in [0.29, 0.717) is 5.92 Å². The third-order valence-electron chi connectivity index (χ3n) is 2.90. The normalized spacial score (nSPS) is 16.3. The first kappa shape index (κ1) is 11.9. The molecule has 0 spiro atoms. The van der Waals surface area contributed by atoms with Crippen LogP contribution in [0.25, 0.3) is 0 Å². The maximum Gasteiger partial charge on any atom is 0.407 e. The highest BCUT2D eigenvalue weighted by Gasteiger charge is 2.32. The van der Waals surface area contributed by atoms with E-state index in [1.165, 1.54) is 0 Å². The quantitative estimate of drug-likeness (QED) is 0.816. The number of ether oxygens (including phenoxy) is 1. The number of nitrogens with one attached hydrogen (secondary N) is 1. The first-order chi connectivity index (χ1) is 8.29. The molecule has 0 heterocycles. The molecule has 1 saturated carbocycles. The summed E-state index contributed by atoms with van der Waals surface area (Å²) >= 11 is 0. The van der Waals surface area contributed by atoms with Crippen LogP contribution in [0.2, 0.25) is 0 Å². The van der Waals surface area contributed by atoms with Crippen LogP contribution in [-0.4, -0.2) is 23.8 Å². The Morgan fingerprint density at radius 2 is 2.12 bits per heavy atom. The maximum atomic E-state index is 11.5.